The lowest BCUT2D eigenvalue weighted by Crippen LogP contribution is -2.29. The van der Waals surface area contributed by atoms with Crippen molar-refractivity contribution < 1.29 is 0 Å². The molecule has 0 radical (unpaired) electrons. The Hall–Kier alpha value is -1.81. The quantitative estimate of drug-likeness (QED) is 0.909. The maximum Gasteiger partial charge on any atom is 0.327 e. The summed E-state index contributed by atoms with van der Waals surface area (Å²) in [5.74, 6) is 0. The van der Waals surface area contributed by atoms with Gasteiger partial charge in [-0.3, -0.25) is 4.57 Å². The molecule has 0 saturated carbocycles. The summed E-state index contributed by atoms with van der Waals surface area (Å²) in [6, 6.07) is 6.56. The van der Waals surface area contributed by atoms with Crippen molar-refractivity contribution in [2.75, 3.05) is 7.05 Å². The van der Waals surface area contributed by atoms with Crippen molar-refractivity contribution in [1.29, 1.82) is 0 Å². The molecule has 0 saturated heterocycles. The van der Waals surface area contributed by atoms with Crippen molar-refractivity contribution in [3.05, 3.63) is 57.8 Å². The van der Waals surface area contributed by atoms with E-state index in [-0.39, 0.29) is 11.7 Å². The molecular weight excluding hydrogens is 238 g/mol. The Kier molecular flexibility index (Phi) is 3.90. The van der Waals surface area contributed by atoms with E-state index >= 15 is 0 Å². The van der Waals surface area contributed by atoms with E-state index in [1.54, 1.807) is 22.4 Å². The van der Waals surface area contributed by atoms with Crippen LogP contribution in [0.15, 0.2) is 35.4 Å². The van der Waals surface area contributed by atoms with Crippen molar-refractivity contribution in [1.82, 2.24) is 14.5 Å². The summed E-state index contributed by atoms with van der Waals surface area (Å²) < 4.78 is 3.33. The molecule has 0 aliphatic heterocycles. The molecule has 102 valence electrons. The average molecular weight is 259 g/mol. The Morgan fingerprint density at radius 3 is 2.53 bits per heavy atom. The molecule has 1 aromatic carbocycles. The van der Waals surface area contributed by atoms with E-state index in [2.05, 4.69) is 37.4 Å². The van der Waals surface area contributed by atoms with E-state index in [1.807, 2.05) is 13.2 Å². The highest BCUT2D eigenvalue weighted by atomic mass is 16.1. The van der Waals surface area contributed by atoms with Crippen LogP contribution in [0, 0.1) is 13.8 Å². The number of benzene rings is 1. The van der Waals surface area contributed by atoms with Crippen molar-refractivity contribution in [2.24, 2.45) is 7.05 Å². The molecule has 0 aliphatic carbocycles. The molecule has 1 unspecified atom stereocenters. The van der Waals surface area contributed by atoms with E-state index in [4.69, 9.17) is 0 Å². The Bertz CT molecular complexity index is 625. The van der Waals surface area contributed by atoms with E-state index in [0.717, 1.165) is 0 Å². The molecule has 0 amide bonds. The number of rotatable bonds is 4. The van der Waals surface area contributed by atoms with Crippen LogP contribution in [0.5, 0.6) is 0 Å². The molecular formula is C15H21N3O. The number of likely N-dealkylation sites (N-methyl/N-ethyl adjacent to an activating group) is 1. The third-order valence-corrected chi connectivity index (χ3v) is 3.55. The van der Waals surface area contributed by atoms with Gasteiger partial charge in [0.05, 0.1) is 6.04 Å². The SMILES string of the molecule is CNC(Cn1ccn(C)c1=O)c1ccc(C)cc1C. The number of nitrogens with one attached hydrogen (secondary N) is 1. The molecule has 4 nitrogen and oxygen atoms in total. The standard InChI is InChI=1S/C15H21N3O/c1-11-5-6-13(12(2)9-11)14(16-3)10-18-8-7-17(4)15(18)19/h5-9,14,16H,10H2,1-4H3. The predicted octanol–water partition coefficient (Wildman–Crippen LogP) is 1.76. The minimum atomic E-state index is 0.0185. The number of hydrogen-bond acceptors (Lipinski definition) is 2. The number of aryl methyl sites for hydroxylation is 3. The summed E-state index contributed by atoms with van der Waals surface area (Å²) in [6.07, 6.45) is 3.62. The van der Waals surface area contributed by atoms with Gasteiger partial charge in [0.2, 0.25) is 0 Å². The Balaban J connectivity index is 2.30. The Morgan fingerprint density at radius 2 is 2.00 bits per heavy atom. The van der Waals surface area contributed by atoms with Crippen LogP contribution in [0.2, 0.25) is 0 Å². The summed E-state index contributed by atoms with van der Waals surface area (Å²) in [7, 11) is 3.70. The van der Waals surface area contributed by atoms with Crippen LogP contribution < -0.4 is 11.0 Å². The number of nitrogens with zero attached hydrogens (tertiary/aromatic N) is 2. The Morgan fingerprint density at radius 1 is 1.26 bits per heavy atom. The highest BCUT2D eigenvalue weighted by Gasteiger charge is 2.13. The smallest absolute Gasteiger partial charge is 0.312 e. The second-order valence-corrected chi connectivity index (χ2v) is 5.05. The topological polar surface area (TPSA) is 39.0 Å². The first kappa shape index (κ1) is 13.6. The van der Waals surface area contributed by atoms with E-state index in [0.29, 0.717) is 6.54 Å². The minimum absolute atomic E-state index is 0.0185. The number of imidazole rings is 1. The van der Waals surface area contributed by atoms with Gasteiger partial charge in [-0.15, -0.1) is 0 Å². The van der Waals surface area contributed by atoms with Gasteiger partial charge in [0.1, 0.15) is 0 Å². The van der Waals surface area contributed by atoms with Gasteiger partial charge in [-0.05, 0) is 32.0 Å². The summed E-state index contributed by atoms with van der Waals surface area (Å²) >= 11 is 0. The minimum Gasteiger partial charge on any atom is -0.312 e. The first-order valence-corrected chi connectivity index (χ1v) is 6.49. The van der Waals surface area contributed by atoms with Crippen LogP contribution >= 0.6 is 0 Å². The molecule has 2 aromatic rings. The second-order valence-electron chi connectivity index (χ2n) is 5.05. The molecule has 1 atom stereocenters. The monoisotopic (exact) mass is 259 g/mol. The zero-order chi connectivity index (χ0) is 14.0. The fraction of sp³-hybridized carbons (Fsp3) is 0.400. The van der Waals surface area contributed by atoms with Gasteiger partial charge in [0.15, 0.2) is 0 Å². The van der Waals surface area contributed by atoms with Gasteiger partial charge in [-0.1, -0.05) is 23.8 Å². The lowest BCUT2D eigenvalue weighted by molar-refractivity contribution is 0.486. The molecule has 2 rings (SSSR count). The summed E-state index contributed by atoms with van der Waals surface area (Å²) in [6.45, 7) is 4.84. The summed E-state index contributed by atoms with van der Waals surface area (Å²) in [5, 5.41) is 3.29. The molecule has 0 bridgehead atoms. The molecule has 0 aliphatic rings. The summed E-state index contributed by atoms with van der Waals surface area (Å²) in [4.78, 5) is 11.9. The van der Waals surface area contributed by atoms with Gasteiger partial charge in [-0.25, -0.2) is 4.79 Å². The van der Waals surface area contributed by atoms with Crippen molar-refractivity contribution in [3.63, 3.8) is 0 Å². The lowest BCUT2D eigenvalue weighted by Gasteiger charge is -2.19. The van der Waals surface area contributed by atoms with Crippen LogP contribution in [0.3, 0.4) is 0 Å². The third-order valence-electron chi connectivity index (χ3n) is 3.55. The van der Waals surface area contributed by atoms with Gasteiger partial charge in [0.25, 0.3) is 0 Å². The maximum atomic E-state index is 11.9. The van der Waals surface area contributed by atoms with Crippen molar-refractivity contribution in [3.8, 4) is 0 Å². The zero-order valence-corrected chi connectivity index (χ0v) is 12.0. The van der Waals surface area contributed by atoms with Crippen LogP contribution in [-0.2, 0) is 13.6 Å². The first-order chi connectivity index (χ1) is 9.02. The molecule has 1 N–H and O–H groups in total. The fourth-order valence-electron chi connectivity index (χ4n) is 2.41. The van der Waals surface area contributed by atoms with Crippen LogP contribution in [0.25, 0.3) is 0 Å². The van der Waals surface area contributed by atoms with Gasteiger partial charge in [-0.2, -0.15) is 0 Å². The molecule has 19 heavy (non-hydrogen) atoms. The maximum absolute atomic E-state index is 11.9. The highest BCUT2D eigenvalue weighted by Crippen LogP contribution is 2.19. The first-order valence-electron chi connectivity index (χ1n) is 6.49. The molecule has 1 aromatic heterocycles. The highest BCUT2D eigenvalue weighted by molar-refractivity contribution is 5.32. The zero-order valence-electron chi connectivity index (χ0n) is 12.0. The van der Waals surface area contributed by atoms with Crippen LogP contribution in [-0.4, -0.2) is 16.2 Å². The van der Waals surface area contributed by atoms with Crippen LogP contribution in [0.1, 0.15) is 22.7 Å². The van der Waals surface area contributed by atoms with Crippen molar-refractivity contribution >= 4 is 0 Å². The van der Waals surface area contributed by atoms with E-state index in [1.165, 1.54) is 16.7 Å². The molecule has 1 heterocycles. The number of hydrogen-bond donors (Lipinski definition) is 1. The van der Waals surface area contributed by atoms with Gasteiger partial charge >= 0.3 is 5.69 Å². The number of aromatic nitrogens is 2. The van der Waals surface area contributed by atoms with E-state index in [9.17, 15) is 4.79 Å². The van der Waals surface area contributed by atoms with Gasteiger partial charge in [0, 0.05) is 26.0 Å². The van der Waals surface area contributed by atoms with Crippen LogP contribution in [0.4, 0.5) is 0 Å². The summed E-state index contributed by atoms with van der Waals surface area (Å²) in [5.41, 5.74) is 3.77. The molecule has 0 spiro atoms. The van der Waals surface area contributed by atoms with Gasteiger partial charge < -0.3 is 9.88 Å². The largest absolute Gasteiger partial charge is 0.327 e. The normalized spacial score (nSPS) is 12.6. The third kappa shape index (κ3) is 2.79. The van der Waals surface area contributed by atoms with Crippen molar-refractivity contribution in [2.45, 2.75) is 26.4 Å². The second kappa shape index (κ2) is 5.45. The fourth-order valence-corrected chi connectivity index (χ4v) is 2.41. The predicted molar refractivity (Wildman–Crippen MR) is 77.4 cm³/mol. The Labute approximate surface area is 113 Å². The average Bonchev–Trinajstić information content (AvgIpc) is 2.68. The van der Waals surface area contributed by atoms with E-state index < -0.39 is 0 Å². The molecule has 4 heteroatoms. The molecule has 0 fully saturated rings. The lowest BCUT2D eigenvalue weighted by atomic mass is 9.99.